The summed E-state index contributed by atoms with van der Waals surface area (Å²) in [5.41, 5.74) is 1.92. The minimum Gasteiger partial charge on any atom is -0.302 e. The maximum absolute atomic E-state index is 12.5. The molecule has 0 saturated heterocycles. The number of nitrogens with one attached hydrogen (secondary N) is 1. The Morgan fingerprint density at radius 1 is 1.31 bits per heavy atom. The van der Waals surface area contributed by atoms with Crippen LogP contribution >= 0.6 is 0 Å². The summed E-state index contributed by atoms with van der Waals surface area (Å²) in [4.78, 5) is 0. The van der Waals surface area contributed by atoms with Gasteiger partial charge in [-0.2, -0.15) is 18.4 Å². The van der Waals surface area contributed by atoms with E-state index in [0.717, 1.165) is 5.56 Å². The molecule has 16 heavy (non-hydrogen) atoms. The third-order valence-electron chi connectivity index (χ3n) is 2.69. The highest BCUT2D eigenvalue weighted by atomic mass is 19.4. The highest BCUT2D eigenvalue weighted by Crippen LogP contribution is 2.28. The molecule has 1 aliphatic heterocycles. The average molecular weight is 226 g/mol. The van der Waals surface area contributed by atoms with Crippen molar-refractivity contribution in [3.8, 4) is 6.07 Å². The first-order chi connectivity index (χ1) is 7.50. The second kappa shape index (κ2) is 3.80. The molecule has 84 valence electrons. The molecule has 0 fully saturated rings. The molecular formula is C11H9F3N2. The Hall–Kier alpha value is -1.54. The molecule has 0 unspecified atom stereocenters. The van der Waals surface area contributed by atoms with Crippen molar-refractivity contribution in [3.05, 3.63) is 34.9 Å². The van der Waals surface area contributed by atoms with Gasteiger partial charge < -0.3 is 5.32 Å². The molecule has 0 amide bonds. The fourth-order valence-electron chi connectivity index (χ4n) is 1.82. The molecule has 0 aromatic heterocycles. The number of hydrogen-bond acceptors (Lipinski definition) is 2. The van der Waals surface area contributed by atoms with E-state index in [9.17, 15) is 13.2 Å². The van der Waals surface area contributed by atoms with Crippen LogP contribution in [0.3, 0.4) is 0 Å². The molecule has 0 bridgehead atoms. The first kappa shape index (κ1) is 11.0. The van der Waals surface area contributed by atoms with Gasteiger partial charge in [-0.15, -0.1) is 0 Å². The molecule has 1 aliphatic rings. The van der Waals surface area contributed by atoms with E-state index in [2.05, 4.69) is 5.32 Å². The third-order valence-corrected chi connectivity index (χ3v) is 2.69. The predicted molar refractivity (Wildman–Crippen MR) is 51.5 cm³/mol. The Morgan fingerprint density at radius 3 is 2.69 bits per heavy atom. The second-order valence-corrected chi connectivity index (χ2v) is 3.77. The van der Waals surface area contributed by atoms with Crippen molar-refractivity contribution in [1.29, 1.82) is 5.26 Å². The zero-order chi connectivity index (χ0) is 11.8. The maximum atomic E-state index is 12.5. The van der Waals surface area contributed by atoms with Crippen LogP contribution in [-0.2, 0) is 13.0 Å². The lowest BCUT2D eigenvalue weighted by molar-refractivity contribution is -0.157. The Morgan fingerprint density at radius 2 is 2.06 bits per heavy atom. The van der Waals surface area contributed by atoms with Crippen molar-refractivity contribution in [2.45, 2.75) is 25.2 Å². The van der Waals surface area contributed by atoms with Gasteiger partial charge in [0, 0.05) is 6.54 Å². The van der Waals surface area contributed by atoms with E-state index in [1.807, 2.05) is 6.07 Å². The Kier molecular flexibility index (Phi) is 2.60. The van der Waals surface area contributed by atoms with Gasteiger partial charge in [0.2, 0.25) is 0 Å². The Bertz CT molecular complexity index is 446. The molecule has 1 heterocycles. The zero-order valence-electron chi connectivity index (χ0n) is 8.30. The van der Waals surface area contributed by atoms with Gasteiger partial charge in [0.15, 0.2) is 0 Å². The van der Waals surface area contributed by atoms with Gasteiger partial charge in [-0.1, -0.05) is 6.07 Å². The van der Waals surface area contributed by atoms with Crippen LogP contribution in [0.25, 0.3) is 0 Å². The minimum absolute atomic E-state index is 0.0649. The molecule has 5 heteroatoms. The van der Waals surface area contributed by atoms with Crippen LogP contribution in [0, 0.1) is 11.3 Å². The number of nitriles is 1. The lowest BCUT2D eigenvalue weighted by Crippen LogP contribution is -2.46. The molecule has 2 rings (SSSR count). The molecular weight excluding hydrogens is 217 g/mol. The number of nitrogens with zero attached hydrogens (tertiary/aromatic N) is 1. The number of fused-ring (bicyclic) bond motifs is 1. The molecule has 1 aromatic rings. The largest absolute Gasteiger partial charge is 0.404 e. The van der Waals surface area contributed by atoms with E-state index in [4.69, 9.17) is 5.26 Å². The third kappa shape index (κ3) is 2.02. The Balaban J connectivity index is 2.26. The smallest absolute Gasteiger partial charge is 0.302 e. The van der Waals surface area contributed by atoms with E-state index in [1.165, 1.54) is 0 Å². The van der Waals surface area contributed by atoms with E-state index in [-0.39, 0.29) is 13.0 Å². The molecule has 0 radical (unpaired) electrons. The molecule has 1 N–H and O–H groups in total. The molecule has 1 aromatic carbocycles. The van der Waals surface area contributed by atoms with Gasteiger partial charge in [-0.3, -0.25) is 0 Å². The molecule has 0 aliphatic carbocycles. The SMILES string of the molecule is N#Cc1ccc2c(c1)CN[C@H](C(F)(F)F)C2. The van der Waals surface area contributed by atoms with Crippen LogP contribution in [0.15, 0.2) is 18.2 Å². The van der Waals surface area contributed by atoms with Crippen LogP contribution in [-0.4, -0.2) is 12.2 Å². The summed E-state index contributed by atoms with van der Waals surface area (Å²) in [7, 11) is 0. The van der Waals surface area contributed by atoms with Crippen molar-refractivity contribution in [2.75, 3.05) is 0 Å². The van der Waals surface area contributed by atoms with Crippen LogP contribution in [0.2, 0.25) is 0 Å². The maximum Gasteiger partial charge on any atom is 0.404 e. The quantitative estimate of drug-likeness (QED) is 0.735. The highest BCUT2D eigenvalue weighted by molar-refractivity contribution is 5.39. The number of rotatable bonds is 0. The lowest BCUT2D eigenvalue weighted by atomic mass is 9.94. The molecule has 0 saturated carbocycles. The van der Waals surface area contributed by atoms with Gasteiger partial charge in [-0.05, 0) is 29.7 Å². The summed E-state index contributed by atoms with van der Waals surface area (Å²) in [5, 5.41) is 11.1. The van der Waals surface area contributed by atoms with Crippen molar-refractivity contribution >= 4 is 0 Å². The van der Waals surface area contributed by atoms with E-state index in [0.29, 0.717) is 11.1 Å². The number of halogens is 3. The topological polar surface area (TPSA) is 35.8 Å². The average Bonchev–Trinajstić information content (AvgIpc) is 2.26. The fraction of sp³-hybridized carbons (Fsp3) is 0.364. The summed E-state index contributed by atoms with van der Waals surface area (Å²) in [5.74, 6) is 0. The molecule has 0 spiro atoms. The van der Waals surface area contributed by atoms with Gasteiger partial charge in [0.1, 0.15) is 6.04 Å². The van der Waals surface area contributed by atoms with Gasteiger partial charge in [-0.25, -0.2) is 0 Å². The zero-order valence-corrected chi connectivity index (χ0v) is 8.30. The molecule has 1 atom stereocenters. The van der Waals surface area contributed by atoms with Crippen molar-refractivity contribution in [1.82, 2.24) is 5.32 Å². The van der Waals surface area contributed by atoms with Gasteiger partial charge >= 0.3 is 6.18 Å². The summed E-state index contributed by atoms with van der Waals surface area (Å²) >= 11 is 0. The van der Waals surface area contributed by atoms with Gasteiger partial charge in [0.25, 0.3) is 0 Å². The van der Waals surface area contributed by atoms with Crippen molar-refractivity contribution in [2.24, 2.45) is 0 Å². The normalized spacial score (nSPS) is 20.0. The number of alkyl halides is 3. The van der Waals surface area contributed by atoms with Gasteiger partial charge in [0.05, 0.1) is 11.6 Å². The second-order valence-electron chi connectivity index (χ2n) is 3.77. The van der Waals surface area contributed by atoms with Crippen molar-refractivity contribution < 1.29 is 13.2 Å². The van der Waals surface area contributed by atoms with Crippen LogP contribution < -0.4 is 5.32 Å². The number of hydrogen-bond donors (Lipinski definition) is 1. The number of benzene rings is 1. The monoisotopic (exact) mass is 226 g/mol. The van der Waals surface area contributed by atoms with E-state index < -0.39 is 12.2 Å². The molecule has 2 nitrogen and oxygen atoms in total. The fourth-order valence-corrected chi connectivity index (χ4v) is 1.82. The summed E-state index contributed by atoms with van der Waals surface area (Å²) in [6.07, 6.45) is -4.28. The first-order valence-electron chi connectivity index (χ1n) is 4.82. The Labute approximate surface area is 90.7 Å². The van der Waals surface area contributed by atoms with Crippen molar-refractivity contribution in [3.63, 3.8) is 0 Å². The van der Waals surface area contributed by atoms with Crippen LogP contribution in [0.4, 0.5) is 13.2 Å². The summed E-state index contributed by atoms with van der Waals surface area (Å²) < 4.78 is 37.4. The van der Waals surface area contributed by atoms with E-state index in [1.54, 1.807) is 18.2 Å². The minimum atomic E-state index is -4.22. The highest BCUT2D eigenvalue weighted by Gasteiger charge is 2.41. The van der Waals surface area contributed by atoms with Crippen LogP contribution in [0.1, 0.15) is 16.7 Å². The summed E-state index contributed by atoms with van der Waals surface area (Å²) in [6.45, 7) is 0.162. The predicted octanol–water partition coefficient (Wildman–Crippen LogP) is 2.13. The van der Waals surface area contributed by atoms with Crippen LogP contribution in [0.5, 0.6) is 0 Å². The lowest BCUT2D eigenvalue weighted by Gasteiger charge is -2.27. The standard InChI is InChI=1S/C11H9F3N2/c12-11(13,14)10-4-8-2-1-7(5-15)3-9(8)6-16-10/h1-3,10,16H,4,6H2/t10-/m0/s1. The van der Waals surface area contributed by atoms with E-state index >= 15 is 0 Å². The summed E-state index contributed by atoms with van der Waals surface area (Å²) in [6, 6.07) is 5.28. The first-order valence-corrected chi connectivity index (χ1v) is 4.82.